The third kappa shape index (κ3) is 3.76. The zero-order valence-electron chi connectivity index (χ0n) is 10.6. The van der Waals surface area contributed by atoms with E-state index in [1.807, 2.05) is 0 Å². The van der Waals surface area contributed by atoms with Crippen molar-refractivity contribution in [2.75, 3.05) is 33.4 Å². The average Bonchev–Trinajstić information content (AvgIpc) is 2.79. The maximum absolute atomic E-state index is 12.3. The van der Waals surface area contributed by atoms with Gasteiger partial charge in [-0.15, -0.1) is 11.3 Å². The Morgan fingerprint density at radius 1 is 1.44 bits per heavy atom. The summed E-state index contributed by atoms with van der Waals surface area (Å²) < 4.78 is 31.2. The largest absolute Gasteiger partial charge is 0.396 e. The molecule has 1 heterocycles. The van der Waals surface area contributed by atoms with Crippen LogP contribution in [-0.2, 0) is 21.2 Å². The Labute approximate surface area is 112 Å². The van der Waals surface area contributed by atoms with E-state index in [-0.39, 0.29) is 6.61 Å². The number of thiophene rings is 1. The van der Waals surface area contributed by atoms with E-state index >= 15 is 0 Å². The first-order valence-corrected chi connectivity index (χ1v) is 8.00. The molecule has 1 aromatic rings. The molecule has 18 heavy (non-hydrogen) atoms. The molecular weight excluding hydrogens is 274 g/mol. The lowest BCUT2D eigenvalue weighted by Crippen LogP contribution is -2.33. The van der Waals surface area contributed by atoms with Crippen molar-refractivity contribution in [2.45, 2.75) is 17.6 Å². The predicted octanol–water partition coefficient (Wildman–Crippen LogP) is 0.940. The van der Waals surface area contributed by atoms with Gasteiger partial charge in [-0.3, -0.25) is 0 Å². The van der Waals surface area contributed by atoms with Crippen LogP contribution in [0.25, 0.3) is 0 Å². The Hall–Kier alpha value is -0.470. The number of ether oxygens (including phenoxy) is 1. The molecule has 1 N–H and O–H groups in total. The molecule has 7 heteroatoms. The zero-order chi connectivity index (χ0) is 13.6. The van der Waals surface area contributed by atoms with E-state index in [0.717, 1.165) is 4.88 Å². The van der Waals surface area contributed by atoms with Gasteiger partial charge < -0.3 is 9.84 Å². The molecule has 104 valence electrons. The lowest BCUT2D eigenvalue weighted by atomic mass is 10.4. The molecule has 0 radical (unpaired) electrons. The smallest absolute Gasteiger partial charge is 0.252 e. The van der Waals surface area contributed by atoms with Gasteiger partial charge in [0, 0.05) is 38.1 Å². The highest BCUT2D eigenvalue weighted by Gasteiger charge is 2.24. The Kier molecular flexibility index (Phi) is 6.24. The number of hydrogen-bond acceptors (Lipinski definition) is 5. The molecule has 1 rings (SSSR count). The van der Waals surface area contributed by atoms with Crippen LogP contribution in [0.15, 0.2) is 16.3 Å². The molecule has 0 bridgehead atoms. The molecule has 0 aliphatic carbocycles. The van der Waals surface area contributed by atoms with Gasteiger partial charge in [-0.05, 0) is 12.1 Å². The minimum Gasteiger partial charge on any atom is -0.396 e. The summed E-state index contributed by atoms with van der Waals surface area (Å²) in [5.41, 5.74) is 0. The van der Waals surface area contributed by atoms with Gasteiger partial charge in [-0.2, -0.15) is 4.31 Å². The molecule has 1 aromatic heterocycles. The first-order valence-electron chi connectivity index (χ1n) is 5.75. The van der Waals surface area contributed by atoms with E-state index in [1.165, 1.54) is 15.6 Å². The molecule has 0 aliphatic heterocycles. The number of methoxy groups -OCH3 is 1. The van der Waals surface area contributed by atoms with Gasteiger partial charge in [0.15, 0.2) is 0 Å². The van der Waals surface area contributed by atoms with E-state index < -0.39 is 10.0 Å². The Morgan fingerprint density at radius 2 is 2.17 bits per heavy atom. The standard InChI is InChI=1S/C11H19NO4S2/c1-3-12(7-9-16-2)18(14,15)11-5-4-10(17-11)6-8-13/h4-5,13H,3,6-9H2,1-2H3. The third-order valence-corrected chi connectivity index (χ3v) is 6.07. The maximum atomic E-state index is 12.3. The average molecular weight is 293 g/mol. The summed E-state index contributed by atoms with van der Waals surface area (Å²) in [6.45, 7) is 2.97. The summed E-state index contributed by atoms with van der Waals surface area (Å²) in [5.74, 6) is 0. The molecule has 0 atom stereocenters. The van der Waals surface area contributed by atoms with Gasteiger partial charge in [0.25, 0.3) is 10.0 Å². The van der Waals surface area contributed by atoms with Crippen LogP contribution in [0.3, 0.4) is 0 Å². The molecule has 5 nitrogen and oxygen atoms in total. The Morgan fingerprint density at radius 3 is 2.72 bits per heavy atom. The molecular formula is C11H19NO4S2. The SMILES string of the molecule is CCN(CCOC)S(=O)(=O)c1ccc(CCO)s1. The molecule has 0 aromatic carbocycles. The van der Waals surface area contributed by atoms with Crippen LogP contribution in [0.2, 0.25) is 0 Å². The van der Waals surface area contributed by atoms with Gasteiger partial charge in [0.1, 0.15) is 4.21 Å². The first-order chi connectivity index (χ1) is 8.56. The molecule has 0 unspecified atom stereocenters. The molecule has 0 amide bonds. The van der Waals surface area contributed by atoms with Gasteiger partial charge in [-0.25, -0.2) is 8.42 Å². The first kappa shape index (κ1) is 15.6. The zero-order valence-corrected chi connectivity index (χ0v) is 12.3. The summed E-state index contributed by atoms with van der Waals surface area (Å²) in [7, 11) is -1.88. The summed E-state index contributed by atoms with van der Waals surface area (Å²) in [5, 5.41) is 8.83. The minimum atomic E-state index is -3.43. The van der Waals surface area contributed by atoms with Crippen LogP contribution in [-0.4, -0.2) is 51.2 Å². The van der Waals surface area contributed by atoms with E-state index in [2.05, 4.69) is 0 Å². The number of likely N-dealkylation sites (N-methyl/N-ethyl adjacent to an activating group) is 1. The fourth-order valence-corrected chi connectivity index (χ4v) is 4.44. The van der Waals surface area contributed by atoms with E-state index in [1.54, 1.807) is 26.2 Å². The van der Waals surface area contributed by atoms with Crippen molar-refractivity contribution >= 4 is 21.4 Å². The second-order valence-corrected chi connectivity index (χ2v) is 7.02. The highest BCUT2D eigenvalue weighted by Crippen LogP contribution is 2.25. The Balaban J connectivity index is 2.88. The molecule has 0 spiro atoms. The van der Waals surface area contributed by atoms with Crippen molar-refractivity contribution in [3.63, 3.8) is 0 Å². The number of aliphatic hydroxyl groups is 1. The topological polar surface area (TPSA) is 66.8 Å². The van der Waals surface area contributed by atoms with Crippen LogP contribution in [0.1, 0.15) is 11.8 Å². The van der Waals surface area contributed by atoms with Crippen LogP contribution in [0.4, 0.5) is 0 Å². The van der Waals surface area contributed by atoms with Crippen molar-refractivity contribution < 1.29 is 18.3 Å². The molecule has 0 aliphatic rings. The van der Waals surface area contributed by atoms with Crippen LogP contribution in [0.5, 0.6) is 0 Å². The quantitative estimate of drug-likeness (QED) is 0.774. The monoisotopic (exact) mass is 293 g/mol. The predicted molar refractivity (Wildman–Crippen MR) is 71.4 cm³/mol. The van der Waals surface area contributed by atoms with Gasteiger partial charge in [0.2, 0.25) is 0 Å². The van der Waals surface area contributed by atoms with Crippen molar-refractivity contribution in [1.82, 2.24) is 4.31 Å². The Bertz CT molecular complexity index is 455. The lowest BCUT2D eigenvalue weighted by molar-refractivity contribution is 0.180. The number of rotatable bonds is 8. The maximum Gasteiger partial charge on any atom is 0.252 e. The van der Waals surface area contributed by atoms with E-state index in [4.69, 9.17) is 9.84 Å². The summed E-state index contributed by atoms with van der Waals surface area (Å²) in [6.07, 6.45) is 0.490. The summed E-state index contributed by atoms with van der Waals surface area (Å²) in [6, 6.07) is 3.35. The van der Waals surface area contributed by atoms with Crippen molar-refractivity contribution in [2.24, 2.45) is 0 Å². The molecule has 0 fully saturated rings. The van der Waals surface area contributed by atoms with E-state index in [9.17, 15) is 8.42 Å². The van der Waals surface area contributed by atoms with Crippen molar-refractivity contribution in [3.8, 4) is 0 Å². The fourth-order valence-electron chi connectivity index (χ4n) is 1.51. The number of sulfonamides is 1. The van der Waals surface area contributed by atoms with Crippen LogP contribution in [0, 0.1) is 0 Å². The summed E-state index contributed by atoms with van der Waals surface area (Å²) in [4.78, 5) is 0.874. The van der Waals surface area contributed by atoms with Gasteiger partial charge >= 0.3 is 0 Å². The highest BCUT2D eigenvalue weighted by atomic mass is 32.2. The minimum absolute atomic E-state index is 0.0289. The fraction of sp³-hybridized carbons (Fsp3) is 0.636. The summed E-state index contributed by atoms with van der Waals surface area (Å²) >= 11 is 1.21. The van der Waals surface area contributed by atoms with Gasteiger partial charge in [-0.1, -0.05) is 6.92 Å². The van der Waals surface area contributed by atoms with Crippen molar-refractivity contribution in [3.05, 3.63) is 17.0 Å². The molecule has 0 saturated heterocycles. The normalized spacial score (nSPS) is 12.2. The van der Waals surface area contributed by atoms with Crippen LogP contribution < -0.4 is 0 Å². The van der Waals surface area contributed by atoms with Crippen LogP contribution >= 0.6 is 11.3 Å². The second kappa shape index (κ2) is 7.20. The van der Waals surface area contributed by atoms with E-state index in [0.29, 0.717) is 30.3 Å². The molecule has 0 saturated carbocycles. The second-order valence-electron chi connectivity index (χ2n) is 3.68. The number of hydrogen-bond donors (Lipinski definition) is 1. The third-order valence-electron chi connectivity index (χ3n) is 2.49. The number of nitrogens with zero attached hydrogens (tertiary/aromatic N) is 1. The highest BCUT2D eigenvalue weighted by molar-refractivity contribution is 7.91. The van der Waals surface area contributed by atoms with Crippen molar-refractivity contribution in [1.29, 1.82) is 0 Å². The van der Waals surface area contributed by atoms with Gasteiger partial charge in [0.05, 0.1) is 6.61 Å². The lowest BCUT2D eigenvalue weighted by Gasteiger charge is -2.18. The number of aliphatic hydroxyl groups excluding tert-OH is 1.